The first-order chi connectivity index (χ1) is 16.9. The minimum Gasteiger partial charge on any atom is -0.493 e. The van der Waals surface area contributed by atoms with E-state index in [1.807, 2.05) is 0 Å². The van der Waals surface area contributed by atoms with Gasteiger partial charge < -0.3 is 39.4 Å². The molecule has 2 amide bonds. The number of hydrogen-bond acceptors (Lipinski definition) is 8. The van der Waals surface area contributed by atoms with Crippen molar-refractivity contribution in [3.8, 4) is 11.5 Å². The van der Waals surface area contributed by atoms with E-state index < -0.39 is 30.1 Å². The van der Waals surface area contributed by atoms with Crippen LogP contribution in [0.4, 0.5) is 0 Å². The largest absolute Gasteiger partial charge is 0.493 e. The summed E-state index contributed by atoms with van der Waals surface area (Å²) in [6.07, 6.45) is 2.78. The van der Waals surface area contributed by atoms with Crippen LogP contribution in [0.2, 0.25) is 0 Å². The lowest BCUT2D eigenvalue weighted by atomic mass is 9.77. The van der Waals surface area contributed by atoms with Crippen molar-refractivity contribution < 1.29 is 38.8 Å². The molecule has 0 saturated heterocycles. The average molecular weight is 487 g/mol. The van der Waals surface area contributed by atoms with Gasteiger partial charge in [-0.2, -0.15) is 0 Å². The van der Waals surface area contributed by atoms with E-state index in [0.717, 1.165) is 5.56 Å². The van der Waals surface area contributed by atoms with Crippen LogP contribution >= 0.6 is 0 Å². The number of nitrogens with one attached hydrogen (secondary N) is 1. The Morgan fingerprint density at radius 3 is 2.66 bits per heavy atom. The van der Waals surface area contributed by atoms with Gasteiger partial charge in [0.1, 0.15) is 12.2 Å². The molecule has 1 aliphatic heterocycles. The van der Waals surface area contributed by atoms with Crippen LogP contribution < -0.4 is 14.8 Å². The second-order valence-corrected chi connectivity index (χ2v) is 8.52. The summed E-state index contributed by atoms with van der Waals surface area (Å²) in [5.41, 5.74) is 2.21. The van der Waals surface area contributed by atoms with Gasteiger partial charge in [-0.15, -0.1) is 0 Å². The summed E-state index contributed by atoms with van der Waals surface area (Å²) in [6.45, 7) is 1.46. The molecular weight excluding hydrogens is 456 g/mol. The molecule has 4 unspecified atom stereocenters. The van der Waals surface area contributed by atoms with Crippen LogP contribution in [-0.2, 0) is 22.7 Å². The van der Waals surface area contributed by atoms with E-state index in [-0.39, 0.29) is 38.6 Å². The average Bonchev–Trinajstić information content (AvgIpc) is 3.53. The standard InChI is InChI=1S/C25H30N2O8/c1-3-20(30)27(11-14-4-7-34-13-14)18-10-17(25(32)26-5-6-28)21-16-8-15(12-29)9-19(33-2)23(16)35-24(21)22(18)31/h4,7-10,13,18,21-22,24,28-29,31H,3,5-6,11-12H2,1-2H3,(H,26,32). The highest BCUT2D eigenvalue weighted by Gasteiger charge is 2.51. The van der Waals surface area contributed by atoms with Crippen molar-refractivity contribution in [2.24, 2.45) is 0 Å². The van der Waals surface area contributed by atoms with Crippen LogP contribution in [0.1, 0.15) is 36.0 Å². The number of furan rings is 1. The van der Waals surface area contributed by atoms with Gasteiger partial charge in [0.25, 0.3) is 0 Å². The number of carbonyl (C=O) groups is 2. The van der Waals surface area contributed by atoms with E-state index in [0.29, 0.717) is 28.2 Å². The van der Waals surface area contributed by atoms with Gasteiger partial charge >= 0.3 is 0 Å². The molecular formula is C25H30N2O8. The summed E-state index contributed by atoms with van der Waals surface area (Å²) < 4.78 is 16.8. The Kier molecular flexibility index (Phi) is 7.44. The third-order valence-corrected chi connectivity index (χ3v) is 6.41. The second-order valence-electron chi connectivity index (χ2n) is 8.52. The lowest BCUT2D eigenvalue weighted by molar-refractivity contribution is -0.137. The van der Waals surface area contributed by atoms with E-state index in [2.05, 4.69) is 5.32 Å². The topological polar surface area (TPSA) is 142 Å². The Bertz CT molecular complexity index is 1100. The summed E-state index contributed by atoms with van der Waals surface area (Å²) in [5, 5.41) is 33.1. The van der Waals surface area contributed by atoms with Crippen molar-refractivity contribution in [2.75, 3.05) is 20.3 Å². The number of aliphatic hydroxyl groups is 3. The number of ether oxygens (including phenoxy) is 2. The number of carbonyl (C=O) groups excluding carboxylic acids is 2. The Hall–Kier alpha value is -3.34. The molecule has 188 valence electrons. The quantitative estimate of drug-likeness (QED) is 0.409. The molecule has 35 heavy (non-hydrogen) atoms. The summed E-state index contributed by atoms with van der Waals surface area (Å²) in [5.74, 6) is -0.565. The van der Waals surface area contributed by atoms with Crippen molar-refractivity contribution in [1.82, 2.24) is 10.2 Å². The number of aliphatic hydroxyl groups excluding tert-OH is 3. The van der Waals surface area contributed by atoms with E-state index in [1.165, 1.54) is 24.5 Å². The fraction of sp³-hybridized carbons (Fsp3) is 0.440. The summed E-state index contributed by atoms with van der Waals surface area (Å²) in [4.78, 5) is 27.7. The maximum atomic E-state index is 13.2. The van der Waals surface area contributed by atoms with Crippen LogP contribution in [0.25, 0.3) is 0 Å². The Labute approximate surface area is 202 Å². The molecule has 1 aromatic carbocycles. The fourth-order valence-electron chi connectivity index (χ4n) is 4.76. The summed E-state index contributed by atoms with van der Waals surface area (Å²) >= 11 is 0. The highest BCUT2D eigenvalue weighted by atomic mass is 16.5. The number of hydrogen-bond donors (Lipinski definition) is 4. The minimum absolute atomic E-state index is 0.0428. The zero-order chi connectivity index (χ0) is 25.1. The van der Waals surface area contributed by atoms with Crippen LogP contribution in [0.15, 0.2) is 46.8 Å². The predicted molar refractivity (Wildman–Crippen MR) is 124 cm³/mol. The van der Waals surface area contributed by atoms with Crippen LogP contribution in [-0.4, -0.2) is 70.5 Å². The maximum Gasteiger partial charge on any atom is 0.247 e. The molecule has 0 saturated carbocycles. The molecule has 2 heterocycles. The molecule has 2 aromatic rings. The number of amides is 2. The van der Waals surface area contributed by atoms with Gasteiger partial charge in [0.15, 0.2) is 11.5 Å². The molecule has 0 radical (unpaired) electrons. The van der Waals surface area contributed by atoms with E-state index in [1.54, 1.807) is 31.2 Å². The zero-order valence-corrected chi connectivity index (χ0v) is 19.6. The normalized spacial score (nSPS) is 22.5. The molecule has 10 heteroatoms. The Morgan fingerprint density at radius 1 is 1.23 bits per heavy atom. The van der Waals surface area contributed by atoms with Gasteiger partial charge in [-0.25, -0.2) is 0 Å². The van der Waals surface area contributed by atoms with E-state index in [9.17, 15) is 24.9 Å². The van der Waals surface area contributed by atoms with Crippen molar-refractivity contribution in [3.63, 3.8) is 0 Å². The number of fused-ring (bicyclic) bond motifs is 3. The lowest BCUT2D eigenvalue weighted by Crippen LogP contribution is -2.55. The van der Waals surface area contributed by atoms with Crippen LogP contribution in [0.5, 0.6) is 11.5 Å². The predicted octanol–water partition coefficient (Wildman–Crippen LogP) is 0.842. The van der Waals surface area contributed by atoms with Gasteiger partial charge in [-0.3, -0.25) is 9.59 Å². The number of methoxy groups -OCH3 is 1. The van der Waals surface area contributed by atoms with Crippen molar-refractivity contribution in [1.29, 1.82) is 0 Å². The first kappa shape index (κ1) is 24.8. The van der Waals surface area contributed by atoms with Crippen LogP contribution in [0, 0.1) is 0 Å². The molecule has 4 rings (SSSR count). The minimum atomic E-state index is -1.16. The molecule has 0 spiro atoms. The lowest BCUT2D eigenvalue weighted by Gasteiger charge is -2.40. The van der Waals surface area contributed by atoms with E-state index in [4.69, 9.17) is 13.9 Å². The van der Waals surface area contributed by atoms with Gasteiger partial charge in [-0.05, 0) is 29.8 Å². The maximum absolute atomic E-state index is 13.2. The Morgan fingerprint density at radius 2 is 2.03 bits per heavy atom. The molecule has 4 atom stereocenters. The molecule has 0 fully saturated rings. The smallest absolute Gasteiger partial charge is 0.247 e. The van der Waals surface area contributed by atoms with Crippen LogP contribution in [0.3, 0.4) is 0 Å². The third-order valence-electron chi connectivity index (χ3n) is 6.41. The highest BCUT2D eigenvalue weighted by Crippen LogP contribution is 2.51. The van der Waals surface area contributed by atoms with Gasteiger partial charge in [0.2, 0.25) is 11.8 Å². The molecule has 10 nitrogen and oxygen atoms in total. The molecule has 1 aliphatic carbocycles. The number of benzene rings is 1. The van der Waals surface area contributed by atoms with Gasteiger partial charge in [-0.1, -0.05) is 6.92 Å². The first-order valence-electron chi connectivity index (χ1n) is 11.5. The highest BCUT2D eigenvalue weighted by molar-refractivity contribution is 5.96. The molecule has 0 bridgehead atoms. The summed E-state index contributed by atoms with van der Waals surface area (Å²) in [7, 11) is 1.47. The van der Waals surface area contributed by atoms with Crippen molar-refractivity contribution >= 4 is 11.8 Å². The monoisotopic (exact) mass is 486 g/mol. The number of rotatable bonds is 9. The molecule has 2 aliphatic rings. The van der Waals surface area contributed by atoms with Crippen molar-refractivity contribution in [2.45, 2.75) is 50.7 Å². The van der Waals surface area contributed by atoms with Gasteiger partial charge in [0, 0.05) is 36.2 Å². The first-order valence-corrected chi connectivity index (χ1v) is 11.5. The third kappa shape index (κ3) is 4.64. The van der Waals surface area contributed by atoms with Gasteiger partial charge in [0.05, 0.1) is 44.8 Å². The number of nitrogens with zero attached hydrogens (tertiary/aromatic N) is 1. The van der Waals surface area contributed by atoms with E-state index >= 15 is 0 Å². The molecule has 1 aromatic heterocycles. The summed E-state index contributed by atoms with van der Waals surface area (Å²) in [6, 6.07) is 4.24. The fourth-order valence-corrected chi connectivity index (χ4v) is 4.76. The Balaban J connectivity index is 1.81. The molecule has 4 N–H and O–H groups in total. The SMILES string of the molecule is CCC(=O)N(Cc1ccoc1)C1C=C(C(=O)NCCO)C2c3cc(CO)cc(OC)c3OC2C1O. The second kappa shape index (κ2) is 10.5. The van der Waals surface area contributed by atoms with Crippen molar-refractivity contribution in [3.05, 3.63) is 59.1 Å². The zero-order valence-electron chi connectivity index (χ0n) is 19.6.